The molecular weight excluding hydrogens is 310 g/mol. The van der Waals surface area contributed by atoms with Crippen LogP contribution in [-0.2, 0) is 4.79 Å². The molecule has 2 rings (SSSR count). The second-order valence-corrected chi connectivity index (χ2v) is 6.33. The lowest BCUT2D eigenvalue weighted by Gasteiger charge is -2.19. The van der Waals surface area contributed by atoms with E-state index in [-0.39, 0.29) is 5.91 Å². The molecule has 2 aromatic rings. The molecule has 122 valence electrons. The number of carbonyl (C=O) groups is 1. The predicted octanol–water partition coefficient (Wildman–Crippen LogP) is 5.18. The molecule has 0 aliphatic carbocycles. The molecular formula is C19H22ClNO2. The Morgan fingerprint density at radius 1 is 1.09 bits per heavy atom. The van der Waals surface area contributed by atoms with Crippen LogP contribution in [0.5, 0.6) is 5.75 Å². The van der Waals surface area contributed by atoms with Gasteiger partial charge in [-0.25, -0.2) is 0 Å². The van der Waals surface area contributed by atoms with Gasteiger partial charge in [-0.15, -0.1) is 0 Å². The quantitative estimate of drug-likeness (QED) is 0.820. The Bertz CT molecular complexity index is 680. The third-order valence-electron chi connectivity index (χ3n) is 3.67. The molecule has 1 atom stereocenters. The number of nitrogens with one attached hydrogen (secondary N) is 1. The molecule has 0 saturated carbocycles. The highest BCUT2D eigenvalue weighted by Crippen LogP contribution is 2.27. The lowest BCUT2D eigenvalue weighted by atomic mass is 9.98. The van der Waals surface area contributed by atoms with Crippen LogP contribution in [0.1, 0.15) is 37.8 Å². The van der Waals surface area contributed by atoms with Crippen molar-refractivity contribution in [1.29, 1.82) is 0 Å². The number of para-hydroxylation sites is 1. The Hall–Kier alpha value is -2.00. The summed E-state index contributed by atoms with van der Waals surface area (Å²) in [6, 6.07) is 13.0. The molecule has 23 heavy (non-hydrogen) atoms. The molecule has 0 aliphatic heterocycles. The Balaban J connectivity index is 2.11. The summed E-state index contributed by atoms with van der Waals surface area (Å²) in [5.74, 6) is 0.778. The minimum Gasteiger partial charge on any atom is -0.481 e. The van der Waals surface area contributed by atoms with Gasteiger partial charge < -0.3 is 10.1 Å². The lowest BCUT2D eigenvalue weighted by Crippen LogP contribution is -2.30. The number of rotatable bonds is 5. The molecule has 0 aromatic heterocycles. The zero-order valence-corrected chi connectivity index (χ0v) is 14.6. The number of aryl methyl sites for hydroxylation is 1. The van der Waals surface area contributed by atoms with Gasteiger partial charge in [-0.1, -0.05) is 43.6 Å². The van der Waals surface area contributed by atoms with Gasteiger partial charge >= 0.3 is 0 Å². The van der Waals surface area contributed by atoms with E-state index in [4.69, 9.17) is 16.3 Å². The van der Waals surface area contributed by atoms with Crippen molar-refractivity contribution in [3.8, 4) is 5.75 Å². The predicted molar refractivity (Wildman–Crippen MR) is 95.4 cm³/mol. The third kappa shape index (κ3) is 4.49. The number of hydrogen-bond donors (Lipinski definition) is 1. The minimum atomic E-state index is -0.601. The first kappa shape index (κ1) is 17.4. The van der Waals surface area contributed by atoms with E-state index >= 15 is 0 Å². The maximum atomic E-state index is 12.4. The van der Waals surface area contributed by atoms with Crippen LogP contribution in [0.2, 0.25) is 5.02 Å². The molecule has 0 bridgehead atoms. The first-order chi connectivity index (χ1) is 10.9. The van der Waals surface area contributed by atoms with Crippen molar-refractivity contribution < 1.29 is 9.53 Å². The SMILES string of the molecule is Cc1cccc(C(C)C)c1NC(=O)[C@H](C)Oc1ccc(Cl)cc1. The molecule has 3 nitrogen and oxygen atoms in total. The third-order valence-corrected chi connectivity index (χ3v) is 3.92. The van der Waals surface area contributed by atoms with E-state index in [0.717, 1.165) is 16.8 Å². The van der Waals surface area contributed by atoms with E-state index in [1.165, 1.54) is 0 Å². The molecule has 0 aliphatic rings. The van der Waals surface area contributed by atoms with Gasteiger partial charge in [0.1, 0.15) is 5.75 Å². The summed E-state index contributed by atoms with van der Waals surface area (Å²) >= 11 is 5.85. The highest BCUT2D eigenvalue weighted by atomic mass is 35.5. The topological polar surface area (TPSA) is 38.3 Å². The summed E-state index contributed by atoms with van der Waals surface area (Å²) in [7, 11) is 0. The number of ether oxygens (including phenoxy) is 1. The molecule has 0 unspecified atom stereocenters. The average Bonchev–Trinajstić information content (AvgIpc) is 2.51. The van der Waals surface area contributed by atoms with Gasteiger partial charge in [-0.2, -0.15) is 0 Å². The van der Waals surface area contributed by atoms with Gasteiger partial charge in [0.2, 0.25) is 0 Å². The van der Waals surface area contributed by atoms with Gasteiger partial charge in [-0.05, 0) is 55.2 Å². The maximum absolute atomic E-state index is 12.4. The number of anilines is 1. The lowest BCUT2D eigenvalue weighted by molar-refractivity contribution is -0.122. The molecule has 0 spiro atoms. The Morgan fingerprint density at radius 3 is 2.35 bits per heavy atom. The number of halogens is 1. The van der Waals surface area contributed by atoms with Crippen LogP contribution in [0.4, 0.5) is 5.69 Å². The average molecular weight is 332 g/mol. The summed E-state index contributed by atoms with van der Waals surface area (Å²) in [5, 5.41) is 3.64. The van der Waals surface area contributed by atoms with Crippen molar-refractivity contribution in [2.45, 2.75) is 39.7 Å². The van der Waals surface area contributed by atoms with Crippen molar-refractivity contribution in [2.75, 3.05) is 5.32 Å². The normalized spacial score (nSPS) is 12.1. The van der Waals surface area contributed by atoms with E-state index in [9.17, 15) is 4.79 Å². The summed E-state index contributed by atoms with van der Waals surface area (Å²) in [4.78, 5) is 12.4. The minimum absolute atomic E-state index is 0.170. The molecule has 4 heteroatoms. The van der Waals surface area contributed by atoms with E-state index in [1.54, 1.807) is 31.2 Å². The van der Waals surface area contributed by atoms with Gasteiger partial charge in [0.25, 0.3) is 5.91 Å². The second kappa shape index (κ2) is 7.51. The van der Waals surface area contributed by atoms with E-state index in [2.05, 4.69) is 19.2 Å². The Morgan fingerprint density at radius 2 is 1.74 bits per heavy atom. The summed E-state index contributed by atoms with van der Waals surface area (Å²) in [6.45, 7) is 7.94. The highest BCUT2D eigenvalue weighted by Gasteiger charge is 2.18. The highest BCUT2D eigenvalue weighted by molar-refractivity contribution is 6.30. The largest absolute Gasteiger partial charge is 0.481 e. The summed E-state index contributed by atoms with van der Waals surface area (Å²) in [6.07, 6.45) is -0.601. The van der Waals surface area contributed by atoms with Gasteiger partial charge in [0.05, 0.1) is 0 Å². The monoisotopic (exact) mass is 331 g/mol. The van der Waals surface area contributed by atoms with Crippen molar-refractivity contribution in [1.82, 2.24) is 0 Å². The zero-order chi connectivity index (χ0) is 17.0. The Labute approximate surface area is 142 Å². The van der Waals surface area contributed by atoms with Gasteiger partial charge in [0, 0.05) is 10.7 Å². The number of benzene rings is 2. The van der Waals surface area contributed by atoms with Crippen molar-refractivity contribution in [3.05, 3.63) is 58.6 Å². The van der Waals surface area contributed by atoms with Crippen LogP contribution in [0.25, 0.3) is 0 Å². The fraction of sp³-hybridized carbons (Fsp3) is 0.316. The van der Waals surface area contributed by atoms with Crippen LogP contribution in [0, 0.1) is 6.92 Å². The van der Waals surface area contributed by atoms with Crippen LogP contribution in [0.15, 0.2) is 42.5 Å². The van der Waals surface area contributed by atoms with Gasteiger partial charge in [-0.3, -0.25) is 4.79 Å². The summed E-state index contributed by atoms with van der Waals surface area (Å²) < 4.78 is 5.67. The first-order valence-electron chi connectivity index (χ1n) is 7.71. The fourth-order valence-corrected chi connectivity index (χ4v) is 2.46. The number of amides is 1. The van der Waals surface area contributed by atoms with Crippen LogP contribution < -0.4 is 10.1 Å². The van der Waals surface area contributed by atoms with Crippen molar-refractivity contribution in [2.24, 2.45) is 0 Å². The molecule has 0 radical (unpaired) electrons. The first-order valence-corrected chi connectivity index (χ1v) is 8.09. The maximum Gasteiger partial charge on any atom is 0.265 e. The van der Waals surface area contributed by atoms with Crippen LogP contribution in [0.3, 0.4) is 0 Å². The van der Waals surface area contributed by atoms with E-state index < -0.39 is 6.10 Å². The summed E-state index contributed by atoms with van der Waals surface area (Å²) in [5.41, 5.74) is 3.04. The molecule has 1 amide bonds. The van der Waals surface area contributed by atoms with Gasteiger partial charge in [0.15, 0.2) is 6.10 Å². The van der Waals surface area contributed by atoms with Crippen molar-refractivity contribution in [3.63, 3.8) is 0 Å². The number of carbonyl (C=O) groups excluding carboxylic acids is 1. The Kier molecular flexibility index (Phi) is 5.67. The van der Waals surface area contributed by atoms with Crippen LogP contribution >= 0.6 is 11.6 Å². The van der Waals surface area contributed by atoms with E-state index in [1.807, 2.05) is 25.1 Å². The molecule has 1 N–H and O–H groups in total. The van der Waals surface area contributed by atoms with E-state index in [0.29, 0.717) is 16.7 Å². The number of hydrogen-bond acceptors (Lipinski definition) is 2. The van der Waals surface area contributed by atoms with Crippen LogP contribution in [-0.4, -0.2) is 12.0 Å². The smallest absolute Gasteiger partial charge is 0.265 e. The standard InChI is InChI=1S/C19H22ClNO2/c1-12(2)17-7-5-6-13(3)18(17)21-19(22)14(4)23-16-10-8-15(20)9-11-16/h5-12,14H,1-4H3,(H,21,22)/t14-/m0/s1. The van der Waals surface area contributed by atoms with Crippen molar-refractivity contribution >= 4 is 23.2 Å². The zero-order valence-electron chi connectivity index (χ0n) is 13.9. The fourth-order valence-electron chi connectivity index (χ4n) is 2.34. The molecule has 0 heterocycles. The second-order valence-electron chi connectivity index (χ2n) is 5.90. The molecule has 0 fully saturated rings. The molecule has 2 aromatic carbocycles. The molecule has 0 saturated heterocycles.